The molecule has 0 radical (unpaired) electrons. The van der Waals surface area contributed by atoms with Crippen LogP contribution in [-0.2, 0) is 11.3 Å². The lowest BCUT2D eigenvalue weighted by atomic mass is 9.87. The van der Waals surface area contributed by atoms with Gasteiger partial charge < -0.3 is 5.32 Å². The summed E-state index contributed by atoms with van der Waals surface area (Å²) in [6, 6.07) is 8.46. The molecule has 1 aliphatic rings. The first-order valence-corrected chi connectivity index (χ1v) is 9.45. The molecule has 1 fully saturated rings. The van der Waals surface area contributed by atoms with E-state index < -0.39 is 0 Å². The second-order valence-corrected chi connectivity index (χ2v) is 7.55. The van der Waals surface area contributed by atoms with Crippen molar-refractivity contribution in [3.8, 4) is 11.4 Å². The summed E-state index contributed by atoms with van der Waals surface area (Å²) in [6.07, 6.45) is 5.07. The first kappa shape index (κ1) is 17.9. The summed E-state index contributed by atoms with van der Waals surface area (Å²) >= 11 is 5.35. The van der Waals surface area contributed by atoms with E-state index >= 15 is 0 Å². The van der Waals surface area contributed by atoms with Crippen molar-refractivity contribution < 1.29 is 4.79 Å². The van der Waals surface area contributed by atoms with Crippen LogP contribution in [0.4, 0.5) is 0 Å². The smallest absolute Gasteiger partial charge is 0.222 e. The van der Waals surface area contributed by atoms with Crippen LogP contribution < -0.4 is 5.32 Å². The number of hydrogen-bond donors (Lipinski definition) is 2. The highest BCUT2D eigenvalue weighted by molar-refractivity contribution is 7.71. The molecule has 2 aromatic rings. The largest absolute Gasteiger partial charge is 0.353 e. The average molecular weight is 359 g/mol. The van der Waals surface area contributed by atoms with Crippen molar-refractivity contribution in [2.24, 2.45) is 5.92 Å². The molecule has 1 heterocycles. The van der Waals surface area contributed by atoms with Gasteiger partial charge in [-0.25, -0.2) is 0 Å². The van der Waals surface area contributed by atoms with E-state index in [2.05, 4.69) is 28.5 Å². The van der Waals surface area contributed by atoms with Gasteiger partial charge in [-0.05, 0) is 44.0 Å². The summed E-state index contributed by atoms with van der Waals surface area (Å²) in [7, 11) is 0. The Kier molecular flexibility index (Phi) is 5.68. The van der Waals surface area contributed by atoms with E-state index in [-0.39, 0.29) is 5.91 Å². The molecule has 0 saturated heterocycles. The summed E-state index contributed by atoms with van der Waals surface area (Å²) in [4.78, 5) is 12.3. The topological polar surface area (TPSA) is 62.7 Å². The Morgan fingerprint density at radius 3 is 3.04 bits per heavy atom. The monoisotopic (exact) mass is 358 g/mol. The minimum atomic E-state index is 0.0948. The summed E-state index contributed by atoms with van der Waals surface area (Å²) in [6.45, 7) is 4.84. The molecule has 3 rings (SSSR count). The molecule has 6 heteroatoms. The Balaban J connectivity index is 1.64. The fourth-order valence-electron chi connectivity index (χ4n) is 3.61. The van der Waals surface area contributed by atoms with Gasteiger partial charge in [-0.2, -0.15) is 5.10 Å². The lowest BCUT2D eigenvalue weighted by Gasteiger charge is -2.27. The number of aromatic nitrogens is 3. The maximum Gasteiger partial charge on any atom is 0.222 e. The van der Waals surface area contributed by atoms with Gasteiger partial charge in [0.2, 0.25) is 5.91 Å². The van der Waals surface area contributed by atoms with Crippen LogP contribution in [0.1, 0.15) is 44.6 Å². The van der Waals surface area contributed by atoms with Crippen molar-refractivity contribution in [2.75, 3.05) is 0 Å². The second-order valence-electron chi connectivity index (χ2n) is 7.16. The van der Waals surface area contributed by atoms with Crippen molar-refractivity contribution in [3.05, 3.63) is 34.6 Å². The molecular formula is C19H26N4OS. The SMILES string of the molecule is Cc1cccc(-c2n[nH]c(=S)n2CCC(=O)NC2CCCC(C)C2)c1. The Hall–Kier alpha value is -1.95. The number of hydrogen-bond acceptors (Lipinski definition) is 3. The molecule has 1 aliphatic carbocycles. The third-order valence-corrected chi connectivity index (χ3v) is 5.21. The Morgan fingerprint density at radius 2 is 2.28 bits per heavy atom. The quantitative estimate of drug-likeness (QED) is 0.794. The van der Waals surface area contributed by atoms with E-state index in [0.29, 0.717) is 29.7 Å². The number of rotatable bonds is 5. The predicted octanol–water partition coefficient (Wildman–Crippen LogP) is 4.00. The number of amides is 1. The minimum Gasteiger partial charge on any atom is -0.353 e. The van der Waals surface area contributed by atoms with Crippen LogP contribution >= 0.6 is 12.2 Å². The number of nitrogens with one attached hydrogen (secondary N) is 2. The number of benzene rings is 1. The van der Waals surface area contributed by atoms with Crippen molar-refractivity contribution in [2.45, 2.75) is 58.5 Å². The first-order valence-electron chi connectivity index (χ1n) is 9.04. The maximum absolute atomic E-state index is 12.3. The minimum absolute atomic E-state index is 0.0948. The molecule has 134 valence electrons. The molecular weight excluding hydrogens is 332 g/mol. The second kappa shape index (κ2) is 7.95. The fourth-order valence-corrected chi connectivity index (χ4v) is 3.83. The summed E-state index contributed by atoms with van der Waals surface area (Å²) in [5.74, 6) is 1.58. The van der Waals surface area contributed by atoms with Gasteiger partial charge >= 0.3 is 0 Å². The highest BCUT2D eigenvalue weighted by Crippen LogP contribution is 2.23. The van der Waals surface area contributed by atoms with Crippen molar-refractivity contribution >= 4 is 18.1 Å². The average Bonchev–Trinajstić information content (AvgIpc) is 2.94. The summed E-state index contributed by atoms with van der Waals surface area (Å²) in [5.41, 5.74) is 2.18. The molecule has 0 bridgehead atoms. The number of aromatic amines is 1. The third-order valence-electron chi connectivity index (χ3n) is 4.90. The maximum atomic E-state index is 12.3. The van der Waals surface area contributed by atoms with Crippen molar-refractivity contribution in [1.82, 2.24) is 20.1 Å². The number of carbonyl (C=O) groups excluding carboxylic acids is 1. The zero-order valence-electron chi connectivity index (χ0n) is 14.9. The van der Waals surface area contributed by atoms with Crippen LogP contribution in [0, 0.1) is 17.6 Å². The molecule has 5 nitrogen and oxygen atoms in total. The zero-order chi connectivity index (χ0) is 17.8. The molecule has 0 spiro atoms. The van der Waals surface area contributed by atoms with E-state index in [1.54, 1.807) is 0 Å². The lowest BCUT2D eigenvalue weighted by Crippen LogP contribution is -2.38. The van der Waals surface area contributed by atoms with E-state index in [0.717, 1.165) is 24.2 Å². The molecule has 1 aromatic heterocycles. The summed E-state index contributed by atoms with van der Waals surface area (Å²) in [5, 5.41) is 10.4. The lowest BCUT2D eigenvalue weighted by molar-refractivity contribution is -0.122. The van der Waals surface area contributed by atoms with Crippen LogP contribution in [0.5, 0.6) is 0 Å². The summed E-state index contributed by atoms with van der Waals surface area (Å²) < 4.78 is 2.46. The predicted molar refractivity (Wildman–Crippen MR) is 102 cm³/mol. The molecule has 1 saturated carbocycles. The van der Waals surface area contributed by atoms with E-state index in [9.17, 15) is 4.79 Å². The third kappa shape index (κ3) is 4.57. The van der Waals surface area contributed by atoms with Crippen molar-refractivity contribution in [3.63, 3.8) is 0 Å². The van der Waals surface area contributed by atoms with Crippen LogP contribution in [-0.4, -0.2) is 26.7 Å². The van der Waals surface area contributed by atoms with Gasteiger partial charge in [0.15, 0.2) is 10.6 Å². The first-order chi connectivity index (χ1) is 12.0. The van der Waals surface area contributed by atoms with E-state index in [1.807, 2.05) is 29.7 Å². The van der Waals surface area contributed by atoms with Crippen LogP contribution in [0.25, 0.3) is 11.4 Å². The van der Waals surface area contributed by atoms with Gasteiger partial charge in [0.05, 0.1) is 0 Å². The standard InChI is InChI=1S/C19H26N4OS/c1-13-5-3-7-15(11-13)18-21-22-19(25)23(18)10-9-17(24)20-16-8-4-6-14(2)12-16/h3,5,7,11,14,16H,4,6,8-10,12H2,1-2H3,(H,20,24)(H,22,25). The number of H-pyrrole nitrogens is 1. The molecule has 1 aromatic carbocycles. The van der Waals surface area contributed by atoms with Crippen LogP contribution in [0.3, 0.4) is 0 Å². The van der Waals surface area contributed by atoms with Gasteiger partial charge in [0, 0.05) is 24.6 Å². The Bertz CT molecular complexity index is 795. The fraction of sp³-hybridized carbons (Fsp3) is 0.526. The van der Waals surface area contributed by atoms with E-state index in [1.165, 1.54) is 18.4 Å². The number of carbonyl (C=O) groups is 1. The number of aryl methyl sites for hydroxylation is 1. The molecule has 2 N–H and O–H groups in total. The van der Waals surface area contributed by atoms with E-state index in [4.69, 9.17) is 12.2 Å². The van der Waals surface area contributed by atoms with Gasteiger partial charge in [-0.3, -0.25) is 14.5 Å². The van der Waals surface area contributed by atoms with Crippen molar-refractivity contribution in [1.29, 1.82) is 0 Å². The molecule has 1 amide bonds. The number of nitrogens with zero attached hydrogens (tertiary/aromatic N) is 2. The highest BCUT2D eigenvalue weighted by atomic mass is 32.1. The molecule has 25 heavy (non-hydrogen) atoms. The van der Waals surface area contributed by atoms with Gasteiger partial charge in [-0.15, -0.1) is 0 Å². The highest BCUT2D eigenvalue weighted by Gasteiger charge is 2.20. The Morgan fingerprint density at radius 1 is 1.44 bits per heavy atom. The molecule has 2 unspecified atom stereocenters. The zero-order valence-corrected chi connectivity index (χ0v) is 15.7. The normalized spacial score (nSPS) is 20.4. The Labute approximate surface area is 153 Å². The molecule has 2 atom stereocenters. The van der Waals surface area contributed by atoms with Gasteiger partial charge in [-0.1, -0.05) is 43.5 Å². The van der Waals surface area contributed by atoms with Gasteiger partial charge in [0.25, 0.3) is 0 Å². The van der Waals surface area contributed by atoms with Crippen LogP contribution in [0.15, 0.2) is 24.3 Å². The van der Waals surface area contributed by atoms with Gasteiger partial charge in [0.1, 0.15) is 0 Å². The van der Waals surface area contributed by atoms with Crippen LogP contribution in [0.2, 0.25) is 0 Å². The molecule has 0 aliphatic heterocycles.